The quantitative estimate of drug-likeness (QED) is 0.476. The third-order valence-corrected chi connectivity index (χ3v) is 7.00. The van der Waals surface area contributed by atoms with Gasteiger partial charge in [-0.2, -0.15) is 5.26 Å². The normalized spacial score (nSPS) is 18.9. The minimum absolute atomic E-state index is 0.00517. The van der Waals surface area contributed by atoms with Crippen LogP contribution in [0, 0.1) is 17.1 Å². The molecule has 3 amide bonds. The molecule has 40 heavy (non-hydrogen) atoms. The van der Waals surface area contributed by atoms with Crippen molar-refractivity contribution in [3.05, 3.63) is 89.9 Å². The van der Waals surface area contributed by atoms with E-state index in [1.54, 1.807) is 30.3 Å². The second-order valence-electron chi connectivity index (χ2n) is 9.80. The number of pyridine rings is 1. The van der Waals surface area contributed by atoms with Gasteiger partial charge >= 0.3 is 0 Å². The zero-order valence-corrected chi connectivity index (χ0v) is 21.1. The number of hydrogen-bond donors (Lipinski definition) is 1. The van der Waals surface area contributed by atoms with Gasteiger partial charge in [-0.3, -0.25) is 24.2 Å². The SMILES string of the molecule is N#Cc1ccnc(N2C(=O)CCC2C(=O)N(c2cccc(F)c2)C(C(=O)NC2CC(F)(F)C2)c2ccccc2)c1. The van der Waals surface area contributed by atoms with E-state index >= 15 is 0 Å². The molecule has 1 aliphatic carbocycles. The smallest absolute Gasteiger partial charge is 0.252 e. The number of nitriles is 1. The maximum atomic E-state index is 14.5. The van der Waals surface area contributed by atoms with Crippen LogP contribution in [0.2, 0.25) is 0 Å². The summed E-state index contributed by atoms with van der Waals surface area (Å²) in [6, 6.07) is 14.9. The van der Waals surface area contributed by atoms with Crippen molar-refractivity contribution in [2.24, 2.45) is 0 Å². The van der Waals surface area contributed by atoms with Crippen LogP contribution in [0.15, 0.2) is 72.9 Å². The van der Waals surface area contributed by atoms with Crippen molar-refractivity contribution < 1.29 is 27.6 Å². The summed E-state index contributed by atoms with van der Waals surface area (Å²) in [4.78, 5) is 47.5. The van der Waals surface area contributed by atoms with E-state index in [9.17, 15) is 32.8 Å². The number of benzene rings is 2. The average Bonchev–Trinajstić information content (AvgIpc) is 3.32. The highest BCUT2D eigenvalue weighted by molar-refractivity contribution is 6.10. The number of nitrogens with one attached hydrogen (secondary N) is 1. The molecule has 1 saturated heterocycles. The third kappa shape index (κ3) is 5.38. The Balaban J connectivity index is 1.58. The molecule has 204 valence electrons. The molecule has 2 aromatic carbocycles. The fraction of sp³-hybridized carbons (Fsp3) is 0.276. The van der Waals surface area contributed by atoms with Gasteiger partial charge in [0.15, 0.2) is 0 Å². The highest BCUT2D eigenvalue weighted by Crippen LogP contribution is 2.39. The molecule has 2 heterocycles. The maximum Gasteiger partial charge on any atom is 0.252 e. The van der Waals surface area contributed by atoms with Crippen LogP contribution in [0.25, 0.3) is 0 Å². The molecule has 0 spiro atoms. The van der Waals surface area contributed by atoms with Crippen LogP contribution < -0.4 is 15.1 Å². The molecule has 0 radical (unpaired) electrons. The lowest BCUT2D eigenvalue weighted by atomic mass is 9.87. The Morgan fingerprint density at radius 3 is 2.52 bits per heavy atom. The molecule has 2 unspecified atom stereocenters. The fourth-order valence-electron chi connectivity index (χ4n) is 5.11. The van der Waals surface area contributed by atoms with Crippen LogP contribution >= 0.6 is 0 Å². The van der Waals surface area contributed by atoms with Crippen LogP contribution in [0.5, 0.6) is 0 Å². The molecule has 2 fully saturated rings. The molecule has 2 atom stereocenters. The number of hydrogen-bond acceptors (Lipinski definition) is 5. The van der Waals surface area contributed by atoms with Gasteiger partial charge in [0.2, 0.25) is 11.8 Å². The topological polar surface area (TPSA) is 106 Å². The Hall–Kier alpha value is -4.72. The number of anilines is 2. The van der Waals surface area contributed by atoms with E-state index in [4.69, 9.17) is 0 Å². The van der Waals surface area contributed by atoms with Crippen molar-refractivity contribution in [3.8, 4) is 6.07 Å². The molecule has 1 aromatic heterocycles. The molecular weight excluding hydrogens is 523 g/mol. The minimum Gasteiger partial charge on any atom is -0.351 e. The molecular formula is C29H24F3N5O3. The summed E-state index contributed by atoms with van der Waals surface area (Å²) < 4.78 is 41.5. The van der Waals surface area contributed by atoms with Gasteiger partial charge in [0.25, 0.3) is 11.8 Å². The number of aromatic nitrogens is 1. The number of amides is 3. The van der Waals surface area contributed by atoms with Gasteiger partial charge in [-0.15, -0.1) is 0 Å². The summed E-state index contributed by atoms with van der Waals surface area (Å²) in [7, 11) is 0. The van der Waals surface area contributed by atoms with E-state index in [2.05, 4.69) is 10.3 Å². The predicted molar refractivity (Wildman–Crippen MR) is 139 cm³/mol. The number of carbonyl (C=O) groups excluding carboxylic acids is 3. The molecule has 11 heteroatoms. The Bertz CT molecular complexity index is 1490. The first-order valence-corrected chi connectivity index (χ1v) is 12.7. The lowest BCUT2D eigenvalue weighted by Gasteiger charge is -2.39. The van der Waals surface area contributed by atoms with Gasteiger partial charge in [-0.25, -0.2) is 18.2 Å². The van der Waals surface area contributed by atoms with E-state index in [1.807, 2.05) is 6.07 Å². The molecule has 5 rings (SSSR count). The van der Waals surface area contributed by atoms with Crippen LogP contribution in [0.1, 0.15) is 42.9 Å². The molecule has 1 saturated carbocycles. The van der Waals surface area contributed by atoms with Crippen molar-refractivity contribution >= 4 is 29.2 Å². The van der Waals surface area contributed by atoms with Crippen molar-refractivity contribution in [3.63, 3.8) is 0 Å². The number of alkyl halides is 2. The molecule has 3 aromatic rings. The molecule has 1 aliphatic heterocycles. The number of halogens is 3. The van der Waals surface area contributed by atoms with Gasteiger partial charge in [0, 0.05) is 37.2 Å². The molecule has 8 nitrogen and oxygen atoms in total. The number of carbonyl (C=O) groups is 3. The van der Waals surface area contributed by atoms with Gasteiger partial charge < -0.3 is 5.32 Å². The lowest BCUT2D eigenvalue weighted by Crippen LogP contribution is -2.56. The third-order valence-electron chi connectivity index (χ3n) is 7.00. The fourth-order valence-corrected chi connectivity index (χ4v) is 5.11. The first-order valence-electron chi connectivity index (χ1n) is 12.7. The highest BCUT2D eigenvalue weighted by Gasteiger charge is 2.48. The predicted octanol–water partition coefficient (Wildman–Crippen LogP) is 4.28. The average molecular weight is 548 g/mol. The monoisotopic (exact) mass is 547 g/mol. The summed E-state index contributed by atoms with van der Waals surface area (Å²) in [5.74, 6) is -5.26. The maximum absolute atomic E-state index is 14.5. The van der Waals surface area contributed by atoms with Gasteiger partial charge in [-0.05, 0) is 42.3 Å². The van der Waals surface area contributed by atoms with Crippen LogP contribution in [0.3, 0.4) is 0 Å². The van der Waals surface area contributed by atoms with Gasteiger partial charge in [-0.1, -0.05) is 36.4 Å². The second kappa shape index (κ2) is 10.8. The summed E-state index contributed by atoms with van der Waals surface area (Å²) in [6.07, 6.45) is 0.380. The van der Waals surface area contributed by atoms with E-state index in [0.717, 1.165) is 11.0 Å². The van der Waals surface area contributed by atoms with Crippen molar-refractivity contribution in [1.82, 2.24) is 10.3 Å². The van der Waals surface area contributed by atoms with Crippen molar-refractivity contribution in [2.45, 2.75) is 49.7 Å². The van der Waals surface area contributed by atoms with E-state index in [0.29, 0.717) is 5.56 Å². The zero-order chi connectivity index (χ0) is 28.4. The standard InChI is InChI=1S/C29H24F3N5O3/c30-20-7-4-8-22(14-20)36(26(19-5-2-1-3-6-19)27(39)35-21-15-29(31,32)16-21)28(40)23-9-10-25(38)37(23)24-13-18(17-33)11-12-34-24/h1-8,11-14,21,23,26H,9-10,15-16H2,(H,35,39). The zero-order valence-electron chi connectivity index (χ0n) is 21.1. The number of rotatable bonds is 7. The minimum atomic E-state index is -2.88. The molecule has 2 aliphatic rings. The van der Waals surface area contributed by atoms with E-state index in [1.165, 1.54) is 41.4 Å². The van der Waals surface area contributed by atoms with Crippen LogP contribution in [-0.4, -0.2) is 40.7 Å². The van der Waals surface area contributed by atoms with E-state index in [-0.39, 0.29) is 29.9 Å². The van der Waals surface area contributed by atoms with Crippen molar-refractivity contribution in [1.29, 1.82) is 5.26 Å². The molecule has 0 bridgehead atoms. The summed E-state index contributed by atoms with van der Waals surface area (Å²) >= 11 is 0. The summed E-state index contributed by atoms with van der Waals surface area (Å²) in [5.41, 5.74) is 0.645. The van der Waals surface area contributed by atoms with Crippen molar-refractivity contribution in [2.75, 3.05) is 9.80 Å². The summed E-state index contributed by atoms with van der Waals surface area (Å²) in [6.45, 7) is 0. The van der Waals surface area contributed by atoms with Gasteiger partial charge in [0.1, 0.15) is 23.7 Å². The lowest BCUT2D eigenvalue weighted by molar-refractivity contribution is -0.133. The van der Waals surface area contributed by atoms with E-state index < -0.39 is 60.4 Å². The number of nitrogens with zero attached hydrogens (tertiary/aromatic N) is 4. The Morgan fingerprint density at radius 2 is 1.85 bits per heavy atom. The largest absolute Gasteiger partial charge is 0.351 e. The highest BCUT2D eigenvalue weighted by atomic mass is 19.3. The Morgan fingerprint density at radius 1 is 1.10 bits per heavy atom. The Labute approximate surface area is 228 Å². The first kappa shape index (κ1) is 26.9. The summed E-state index contributed by atoms with van der Waals surface area (Å²) in [5, 5.41) is 11.9. The first-order chi connectivity index (χ1) is 19.2. The Kier molecular flexibility index (Phi) is 7.26. The van der Waals surface area contributed by atoms with Gasteiger partial charge in [0.05, 0.1) is 11.6 Å². The van der Waals surface area contributed by atoms with Crippen LogP contribution in [-0.2, 0) is 14.4 Å². The van der Waals surface area contributed by atoms with Crippen LogP contribution in [0.4, 0.5) is 24.7 Å². The molecule has 1 N–H and O–H groups in total. The second-order valence-corrected chi connectivity index (χ2v) is 9.80.